The number of aryl methyl sites for hydroxylation is 1. The largest absolute Gasteiger partial charge is 0.296 e. The Labute approximate surface area is 159 Å². The lowest BCUT2D eigenvalue weighted by atomic mass is 10.1. The van der Waals surface area contributed by atoms with Crippen molar-refractivity contribution in [1.82, 2.24) is 10.2 Å². The number of hydrogen-bond acceptors (Lipinski definition) is 4. The first-order valence-corrected chi connectivity index (χ1v) is 9.39. The number of hydrogen-bond donors (Lipinski definition) is 1. The number of carbonyl (C=O) groups is 1. The first-order valence-electron chi connectivity index (χ1n) is 6.70. The summed E-state index contributed by atoms with van der Waals surface area (Å²) in [5, 5.41) is 12.3. The summed E-state index contributed by atoms with van der Waals surface area (Å²) in [4.78, 5) is 12.5. The molecule has 116 valence electrons. The van der Waals surface area contributed by atoms with Crippen molar-refractivity contribution in [2.45, 2.75) is 6.92 Å². The standard InChI is InChI=1S/C16H11BrIN3OS/c1-9-4-2-7-12(17)13(9)14(22)19-16-21-20-15(23-16)10-5-3-6-11(18)8-10/h2-8H,1H3,(H,19,21,22). The van der Waals surface area contributed by atoms with Crippen LogP contribution in [-0.4, -0.2) is 16.1 Å². The number of rotatable bonds is 3. The van der Waals surface area contributed by atoms with E-state index in [0.29, 0.717) is 10.7 Å². The fraction of sp³-hybridized carbons (Fsp3) is 0.0625. The summed E-state index contributed by atoms with van der Waals surface area (Å²) in [5.74, 6) is -0.194. The van der Waals surface area contributed by atoms with Gasteiger partial charge in [0.2, 0.25) is 5.13 Å². The van der Waals surface area contributed by atoms with Crippen molar-refractivity contribution in [3.05, 3.63) is 61.6 Å². The maximum absolute atomic E-state index is 12.5. The Morgan fingerprint density at radius 2 is 2.00 bits per heavy atom. The highest BCUT2D eigenvalue weighted by molar-refractivity contribution is 14.1. The molecule has 0 atom stereocenters. The SMILES string of the molecule is Cc1cccc(Br)c1C(=O)Nc1nnc(-c2cccc(I)c2)s1. The molecule has 4 nitrogen and oxygen atoms in total. The Morgan fingerprint density at radius 1 is 1.22 bits per heavy atom. The van der Waals surface area contributed by atoms with Gasteiger partial charge in [-0.25, -0.2) is 0 Å². The molecule has 1 N–H and O–H groups in total. The molecule has 1 heterocycles. The molecule has 0 bridgehead atoms. The Hall–Kier alpha value is -1.32. The second-order valence-electron chi connectivity index (χ2n) is 4.81. The van der Waals surface area contributed by atoms with E-state index in [-0.39, 0.29) is 5.91 Å². The first-order chi connectivity index (χ1) is 11.0. The Bertz CT molecular complexity index is 861. The van der Waals surface area contributed by atoms with E-state index in [9.17, 15) is 4.79 Å². The average Bonchev–Trinajstić information content (AvgIpc) is 2.95. The zero-order chi connectivity index (χ0) is 16.4. The summed E-state index contributed by atoms with van der Waals surface area (Å²) in [5.41, 5.74) is 2.50. The van der Waals surface area contributed by atoms with Crippen LogP contribution in [0.1, 0.15) is 15.9 Å². The van der Waals surface area contributed by atoms with Gasteiger partial charge in [-0.2, -0.15) is 0 Å². The molecule has 3 rings (SSSR count). The number of amides is 1. The minimum Gasteiger partial charge on any atom is -0.296 e. The van der Waals surface area contributed by atoms with Crippen molar-refractivity contribution >= 4 is 60.9 Å². The van der Waals surface area contributed by atoms with Gasteiger partial charge in [0.25, 0.3) is 5.91 Å². The molecular weight excluding hydrogens is 489 g/mol. The van der Waals surface area contributed by atoms with Crippen molar-refractivity contribution < 1.29 is 4.79 Å². The van der Waals surface area contributed by atoms with E-state index in [4.69, 9.17) is 0 Å². The van der Waals surface area contributed by atoms with Gasteiger partial charge in [-0.05, 0) is 69.2 Å². The van der Waals surface area contributed by atoms with Crippen LogP contribution in [0.3, 0.4) is 0 Å². The van der Waals surface area contributed by atoms with Crippen molar-refractivity contribution in [2.24, 2.45) is 0 Å². The maximum Gasteiger partial charge on any atom is 0.258 e. The molecule has 0 aliphatic heterocycles. The molecule has 7 heteroatoms. The number of anilines is 1. The quantitative estimate of drug-likeness (QED) is 0.508. The van der Waals surface area contributed by atoms with Gasteiger partial charge >= 0.3 is 0 Å². The number of nitrogens with one attached hydrogen (secondary N) is 1. The van der Waals surface area contributed by atoms with Gasteiger partial charge in [0.1, 0.15) is 5.01 Å². The highest BCUT2D eigenvalue weighted by Crippen LogP contribution is 2.28. The number of nitrogens with zero attached hydrogens (tertiary/aromatic N) is 2. The van der Waals surface area contributed by atoms with Crippen LogP contribution >= 0.6 is 49.9 Å². The fourth-order valence-electron chi connectivity index (χ4n) is 2.09. The van der Waals surface area contributed by atoms with E-state index in [0.717, 1.165) is 24.2 Å². The summed E-state index contributed by atoms with van der Waals surface area (Å²) < 4.78 is 1.89. The third-order valence-electron chi connectivity index (χ3n) is 3.17. The van der Waals surface area contributed by atoms with Crippen LogP contribution in [0.4, 0.5) is 5.13 Å². The molecular formula is C16H11BrIN3OS. The molecule has 0 fully saturated rings. The molecule has 0 saturated carbocycles. The monoisotopic (exact) mass is 499 g/mol. The second-order valence-corrected chi connectivity index (χ2v) is 7.89. The van der Waals surface area contributed by atoms with E-state index in [1.165, 1.54) is 11.3 Å². The van der Waals surface area contributed by atoms with Gasteiger partial charge in [-0.15, -0.1) is 10.2 Å². The summed E-state index contributed by atoms with van der Waals surface area (Å²) in [7, 11) is 0. The smallest absolute Gasteiger partial charge is 0.258 e. The third kappa shape index (κ3) is 3.78. The normalized spacial score (nSPS) is 10.6. The van der Waals surface area contributed by atoms with Crippen LogP contribution in [0.25, 0.3) is 10.6 Å². The second kappa shape index (κ2) is 7.06. The molecule has 1 aromatic heterocycles. The van der Waals surface area contributed by atoms with Crippen LogP contribution in [0.2, 0.25) is 0 Å². The molecule has 1 amide bonds. The number of aromatic nitrogens is 2. The molecule has 0 radical (unpaired) electrons. The van der Waals surface area contributed by atoms with E-state index in [2.05, 4.69) is 54.0 Å². The summed E-state index contributed by atoms with van der Waals surface area (Å²) >= 11 is 7.03. The Morgan fingerprint density at radius 3 is 2.74 bits per heavy atom. The van der Waals surface area contributed by atoms with E-state index >= 15 is 0 Å². The van der Waals surface area contributed by atoms with Gasteiger partial charge in [0.15, 0.2) is 0 Å². The zero-order valence-corrected chi connectivity index (χ0v) is 16.6. The number of benzene rings is 2. The van der Waals surface area contributed by atoms with Crippen LogP contribution in [0.5, 0.6) is 0 Å². The van der Waals surface area contributed by atoms with Crippen molar-refractivity contribution in [3.8, 4) is 10.6 Å². The van der Waals surface area contributed by atoms with E-state index in [1.54, 1.807) is 0 Å². The summed E-state index contributed by atoms with van der Waals surface area (Å²) in [6, 6.07) is 13.6. The van der Waals surface area contributed by atoms with Crippen molar-refractivity contribution in [3.63, 3.8) is 0 Å². The molecule has 0 unspecified atom stereocenters. The van der Waals surface area contributed by atoms with Gasteiger partial charge in [-0.3, -0.25) is 10.1 Å². The third-order valence-corrected chi connectivity index (χ3v) is 5.39. The molecule has 3 aromatic rings. The lowest BCUT2D eigenvalue weighted by Gasteiger charge is -2.06. The van der Waals surface area contributed by atoms with Crippen molar-refractivity contribution in [2.75, 3.05) is 5.32 Å². The summed E-state index contributed by atoms with van der Waals surface area (Å²) in [6.45, 7) is 1.90. The molecule has 23 heavy (non-hydrogen) atoms. The van der Waals surface area contributed by atoms with Crippen molar-refractivity contribution in [1.29, 1.82) is 0 Å². The van der Waals surface area contributed by atoms with Gasteiger partial charge in [-0.1, -0.05) is 35.6 Å². The fourth-order valence-corrected chi connectivity index (χ4v) is 4.01. The van der Waals surface area contributed by atoms with Crippen LogP contribution in [0.15, 0.2) is 46.9 Å². The van der Waals surface area contributed by atoms with Crippen LogP contribution in [-0.2, 0) is 0 Å². The lowest BCUT2D eigenvalue weighted by molar-refractivity contribution is 0.102. The van der Waals surface area contributed by atoms with Gasteiger partial charge in [0.05, 0.1) is 5.56 Å². The first kappa shape index (κ1) is 16.5. The minimum atomic E-state index is -0.194. The summed E-state index contributed by atoms with van der Waals surface area (Å²) in [6.07, 6.45) is 0. The molecule has 0 aliphatic carbocycles. The predicted molar refractivity (Wildman–Crippen MR) is 105 cm³/mol. The molecule has 0 saturated heterocycles. The highest BCUT2D eigenvalue weighted by atomic mass is 127. The van der Waals surface area contributed by atoms with E-state index in [1.807, 2.05) is 49.4 Å². The van der Waals surface area contributed by atoms with Crippen LogP contribution < -0.4 is 5.32 Å². The van der Waals surface area contributed by atoms with E-state index < -0.39 is 0 Å². The van der Waals surface area contributed by atoms with Gasteiger partial charge < -0.3 is 0 Å². The number of halogens is 2. The van der Waals surface area contributed by atoms with Crippen LogP contribution in [0, 0.1) is 10.5 Å². The average molecular weight is 500 g/mol. The topological polar surface area (TPSA) is 54.9 Å². The highest BCUT2D eigenvalue weighted by Gasteiger charge is 2.15. The molecule has 2 aromatic carbocycles. The Balaban J connectivity index is 1.83. The predicted octanol–water partition coefficient (Wildman–Crippen LogP) is 5.13. The Kier molecular flexibility index (Phi) is 5.08. The van der Waals surface area contributed by atoms with Gasteiger partial charge in [0, 0.05) is 13.6 Å². The molecule has 0 spiro atoms. The zero-order valence-electron chi connectivity index (χ0n) is 12.0. The maximum atomic E-state index is 12.5. The minimum absolute atomic E-state index is 0.194. The lowest BCUT2D eigenvalue weighted by Crippen LogP contribution is -2.14. The molecule has 0 aliphatic rings. The number of carbonyl (C=O) groups excluding carboxylic acids is 1.